The van der Waals surface area contributed by atoms with Gasteiger partial charge in [0.25, 0.3) is 0 Å². The highest BCUT2D eigenvalue weighted by atomic mass is 16.5. The summed E-state index contributed by atoms with van der Waals surface area (Å²) in [6.45, 7) is 14.2. The van der Waals surface area contributed by atoms with Gasteiger partial charge in [-0.1, -0.05) is 20.8 Å². The minimum Gasteiger partial charge on any atom is -0.396 e. The average molecular weight is 286 g/mol. The first-order valence-electron chi connectivity index (χ1n) is 8.23. The molecule has 0 aromatic rings. The number of aliphatic hydroxyl groups excluding tert-OH is 1. The number of hydrogen-bond donors (Lipinski definition) is 2. The van der Waals surface area contributed by atoms with Gasteiger partial charge in [0.05, 0.1) is 0 Å². The summed E-state index contributed by atoms with van der Waals surface area (Å²) in [5.74, 6) is 0.698. The lowest BCUT2D eigenvalue weighted by atomic mass is 9.79. The summed E-state index contributed by atoms with van der Waals surface area (Å²) in [5.41, 5.74) is 0.346. The van der Waals surface area contributed by atoms with Gasteiger partial charge in [0, 0.05) is 39.5 Å². The second-order valence-corrected chi connectivity index (χ2v) is 6.58. The van der Waals surface area contributed by atoms with E-state index in [1.165, 1.54) is 0 Å². The summed E-state index contributed by atoms with van der Waals surface area (Å²) < 4.78 is 5.56. The van der Waals surface area contributed by atoms with Crippen LogP contribution in [-0.4, -0.2) is 62.6 Å². The van der Waals surface area contributed by atoms with E-state index < -0.39 is 0 Å². The number of rotatable bonds is 10. The molecule has 1 heterocycles. The number of aliphatic hydroxyl groups is 1. The largest absolute Gasteiger partial charge is 0.396 e. The van der Waals surface area contributed by atoms with Gasteiger partial charge < -0.3 is 20.1 Å². The van der Waals surface area contributed by atoms with Crippen molar-refractivity contribution in [2.45, 2.75) is 40.0 Å². The number of nitrogens with zero attached hydrogens (tertiary/aromatic N) is 1. The molecule has 20 heavy (non-hydrogen) atoms. The van der Waals surface area contributed by atoms with Crippen molar-refractivity contribution in [3.05, 3.63) is 0 Å². The lowest BCUT2D eigenvalue weighted by molar-refractivity contribution is -0.00457. The Hall–Kier alpha value is -0.160. The number of ether oxygens (including phenoxy) is 1. The van der Waals surface area contributed by atoms with Crippen LogP contribution in [0.3, 0.4) is 0 Å². The van der Waals surface area contributed by atoms with Crippen molar-refractivity contribution in [3.63, 3.8) is 0 Å². The molecule has 1 fully saturated rings. The molecule has 0 amide bonds. The van der Waals surface area contributed by atoms with Crippen LogP contribution in [0.2, 0.25) is 0 Å². The predicted molar refractivity (Wildman–Crippen MR) is 84.0 cm³/mol. The van der Waals surface area contributed by atoms with Crippen molar-refractivity contribution >= 4 is 0 Å². The number of hydrogen-bond acceptors (Lipinski definition) is 4. The van der Waals surface area contributed by atoms with E-state index in [-0.39, 0.29) is 6.61 Å². The fourth-order valence-electron chi connectivity index (χ4n) is 2.94. The maximum absolute atomic E-state index is 9.02. The molecule has 0 radical (unpaired) electrons. The Kier molecular flexibility index (Phi) is 8.69. The van der Waals surface area contributed by atoms with E-state index in [0.717, 1.165) is 65.2 Å². The summed E-state index contributed by atoms with van der Waals surface area (Å²) in [5, 5.41) is 12.7. The summed E-state index contributed by atoms with van der Waals surface area (Å²) >= 11 is 0. The topological polar surface area (TPSA) is 44.7 Å². The van der Waals surface area contributed by atoms with Crippen LogP contribution in [0.4, 0.5) is 0 Å². The molecule has 0 aliphatic carbocycles. The average Bonchev–Trinajstić information content (AvgIpc) is 2.44. The van der Waals surface area contributed by atoms with Crippen LogP contribution < -0.4 is 5.32 Å². The van der Waals surface area contributed by atoms with Crippen LogP contribution in [0.25, 0.3) is 0 Å². The molecule has 1 rings (SSSR count). The molecule has 0 saturated carbocycles. The van der Waals surface area contributed by atoms with Gasteiger partial charge in [0.15, 0.2) is 0 Å². The van der Waals surface area contributed by atoms with Gasteiger partial charge in [-0.15, -0.1) is 0 Å². The maximum Gasteiger partial charge on any atom is 0.0472 e. The first kappa shape index (κ1) is 17.9. The smallest absolute Gasteiger partial charge is 0.0472 e. The molecule has 4 nitrogen and oxygen atoms in total. The lowest BCUT2D eigenvalue weighted by Gasteiger charge is -2.41. The van der Waals surface area contributed by atoms with Crippen molar-refractivity contribution in [2.24, 2.45) is 11.3 Å². The SMILES string of the molecule is CCN(CCCO)CC1(CNCC(C)C)CCOCC1. The fraction of sp³-hybridized carbons (Fsp3) is 1.00. The third-order valence-corrected chi connectivity index (χ3v) is 4.24. The first-order valence-corrected chi connectivity index (χ1v) is 8.23. The highest BCUT2D eigenvalue weighted by molar-refractivity contribution is 4.87. The van der Waals surface area contributed by atoms with Crippen LogP contribution >= 0.6 is 0 Å². The van der Waals surface area contributed by atoms with E-state index >= 15 is 0 Å². The van der Waals surface area contributed by atoms with Crippen LogP contribution in [0.5, 0.6) is 0 Å². The number of nitrogens with one attached hydrogen (secondary N) is 1. The Labute approximate surface area is 124 Å². The van der Waals surface area contributed by atoms with Gasteiger partial charge in [-0.05, 0) is 43.7 Å². The Morgan fingerprint density at radius 1 is 1.30 bits per heavy atom. The van der Waals surface area contributed by atoms with Gasteiger partial charge in [-0.25, -0.2) is 0 Å². The van der Waals surface area contributed by atoms with Gasteiger partial charge in [0.2, 0.25) is 0 Å². The minimum atomic E-state index is 0.290. The van der Waals surface area contributed by atoms with E-state index in [0.29, 0.717) is 11.3 Å². The second-order valence-electron chi connectivity index (χ2n) is 6.58. The summed E-state index contributed by atoms with van der Waals surface area (Å²) in [6, 6.07) is 0. The maximum atomic E-state index is 9.02. The Balaban J connectivity index is 2.52. The monoisotopic (exact) mass is 286 g/mol. The van der Waals surface area contributed by atoms with E-state index in [9.17, 15) is 0 Å². The van der Waals surface area contributed by atoms with Crippen molar-refractivity contribution in [1.82, 2.24) is 10.2 Å². The van der Waals surface area contributed by atoms with Crippen molar-refractivity contribution in [2.75, 3.05) is 52.5 Å². The first-order chi connectivity index (χ1) is 9.62. The molecular weight excluding hydrogens is 252 g/mol. The van der Waals surface area contributed by atoms with Crippen molar-refractivity contribution in [1.29, 1.82) is 0 Å². The predicted octanol–water partition coefficient (Wildman–Crippen LogP) is 1.73. The molecule has 0 aromatic carbocycles. The second kappa shape index (κ2) is 9.72. The molecule has 1 aliphatic rings. The van der Waals surface area contributed by atoms with Gasteiger partial charge >= 0.3 is 0 Å². The summed E-state index contributed by atoms with van der Waals surface area (Å²) in [6.07, 6.45) is 3.17. The fourth-order valence-corrected chi connectivity index (χ4v) is 2.94. The van der Waals surface area contributed by atoms with Crippen LogP contribution in [-0.2, 0) is 4.74 Å². The normalized spacial score (nSPS) is 18.9. The molecule has 0 aromatic heterocycles. The molecule has 0 unspecified atom stereocenters. The minimum absolute atomic E-state index is 0.290. The van der Waals surface area contributed by atoms with Gasteiger partial charge in [-0.2, -0.15) is 0 Å². The highest BCUT2D eigenvalue weighted by Crippen LogP contribution is 2.31. The third kappa shape index (κ3) is 6.53. The molecule has 1 aliphatic heterocycles. The summed E-state index contributed by atoms with van der Waals surface area (Å²) in [7, 11) is 0. The lowest BCUT2D eigenvalue weighted by Crippen LogP contribution is -2.48. The zero-order valence-corrected chi connectivity index (χ0v) is 13.7. The molecule has 0 atom stereocenters. The Morgan fingerprint density at radius 3 is 2.55 bits per heavy atom. The highest BCUT2D eigenvalue weighted by Gasteiger charge is 2.33. The molecule has 1 saturated heterocycles. The third-order valence-electron chi connectivity index (χ3n) is 4.24. The Bertz CT molecular complexity index is 241. The quantitative estimate of drug-likeness (QED) is 0.642. The standard InChI is InChI=1S/C16H34N2O2/c1-4-18(8-5-9-19)14-16(6-10-20-11-7-16)13-17-12-15(2)3/h15,17,19H,4-14H2,1-3H3. The van der Waals surface area contributed by atoms with Gasteiger partial charge in [-0.3, -0.25) is 0 Å². The Morgan fingerprint density at radius 2 is 2.00 bits per heavy atom. The molecule has 120 valence electrons. The van der Waals surface area contributed by atoms with Crippen molar-refractivity contribution in [3.8, 4) is 0 Å². The van der Waals surface area contributed by atoms with Crippen LogP contribution in [0, 0.1) is 11.3 Å². The summed E-state index contributed by atoms with van der Waals surface area (Å²) in [4.78, 5) is 2.48. The molecule has 4 heteroatoms. The van der Waals surface area contributed by atoms with E-state index in [1.807, 2.05) is 0 Å². The molecular formula is C16H34N2O2. The molecule has 2 N–H and O–H groups in total. The van der Waals surface area contributed by atoms with Crippen LogP contribution in [0.15, 0.2) is 0 Å². The zero-order chi connectivity index (χ0) is 14.8. The van der Waals surface area contributed by atoms with E-state index in [1.54, 1.807) is 0 Å². The van der Waals surface area contributed by atoms with Crippen molar-refractivity contribution < 1.29 is 9.84 Å². The van der Waals surface area contributed by atoms with E-state index in [2.05, 4.69) is 31.0 Å². The zero-order valence-electron chi connectivity index (χ0n) is 13.7. The van der Waals surface area contributed by atoms with E-state index in [4.69, 9.17) is 9.84 Å². The molecule has 0 spiro atoms. The molecule has 0 bridgehead atoms. The van der Waals surface area contributed by atoms with Crippen LogP contribution in [0.1, 0.15) is 40.0 Å². The van der Waals surface area contributed by atoms with Gasteiger partial charge in [0.1, 0.15) is 0 Å².